The number of alkyl halides is 3. The third-order valence-electron chi connectivity index (χ3n) is 3.38. The maximum absolute atomic E-state index is 12.9. The fraction of sp³-hybridized carbons (Fsp3) is 0.333. The van der Waals surface area contributed by atoms with Crippen LogP contribution in [0.1, 0.15) is 12.5 Å². The first kappa shape index (κ1) is 16.7. The Kier molecular flexibility index (Phi) is 3.99. The monoisotopic (exact) mass is 333 g/mol. The van der Waals surface area contributed by atoms with Gasteiger partial charge in [-0.15, -0.1) is 0 Å². The van der Waals surface area contributed by atoms with Gasteiger partial charge in [0.05, 0.1) is 10.6 Å². The summed E-state index contributed by atoms with van der Waals surface area (Å²) in [7, 11) is 0. The molecule has 1 fully saturated rings. The molecule has 0 radical (unpaired) electrons. The second-order valence-corrected chi connectivity index (χ2v) is 4.70. The van der Waals surface area contributed by atoms with Gasteiger partial charge in [0, 0.05) is 6.07 Å². The molecule has 1 atom stereocenters. The first-order chi connectivity index (χ1) is 10.6. The highest BCUT2D eigenvalue weighted by atomic mass is 19.4. The van der Waals surface area contributed by atoms with Crippen molar-refractivity contribution in [2.24, 2.45) is 0 Å². The molecule has 23 heavy (non-hydrogen) atoms. The fourth-order valence-corrected chi connectivity index (χ4v) is 2.18. The minimum Gasteiger partial charge on any atom is -0.376 e. The SMILES string of the molecule is CC1C(=O)N(c2ccc([N+](=O)[O-])c(C(F)(F)F)c2)C(=O)N1CO. The molecule has 1 aromatic carbocycles. The number of rotatable bonds is 3. The van der Waals surface area contributed by atoms with Crippen molar-refractivity contribution in [3.05, 3.63) is 33.9 Å². The molecule has 1 aliphatic heterocycles. The van der Waals surface area contributed by atoms with Gasteiger partial charge in [-0.25, -0.2) is 9.69 Å². The molecule has 0 spiro atoms. The molecule has 1 N–H and O–H groups in total. The van der Waals surface area contributed by atoms with Gasteiger partial charge in [0.2, 0.25) is 0 Å². The summed E-state index contributed by atoms with van der Waals surface area (Å²) in [6.07, 6.45) is -5.04. The van der Waals surface area contributed by atoms with Crippen LogP contribution in [-0.4, -0.2) is 39.6 Å². The summed E-state index contributed by atoms with van der Waals surface area (Å²) in [5, 5.41) is 19.7. The number of aliphatic hydroxyl groups excluding tert-OH is 1. The Morgan fingerprint density at radius 1 is 1.35 bits per heavy atom. The summed E-state index contributed by atoms with van der Waals surface area (Å²) in [5.41, 5.74) is -3.22. The number of anilines is 1. The van der Waals surface area contributed by atoms with Gasteiger partial charge in [-0.2, -0.15) is 13.2 Å². The molecular weight excluding hydrogens is 323 g/mol. The molecule has 1 unspecified atom stereocenters. The molecule has 11 heteroatoms. The van der Waals surface area contributed by atoms with Crippen LogP contribution >= 0.6 is 0 Å². The lowest BCUT2D eigenvalue weighted by molar-refractivity contribution is -0.388. The van der Waals surface area contributed by atoms with Crippen LogP contribution in [0.2, 0.25) is 0 Å². The zero-order chi connectivity index (χ0) is 17.5. The van der Waals surface area contributed by atoms with E-state index in [1.807, 2.05) is 0 Å². The van der Waals surface area contributed by atoms with E-state index in [-0.39, 0.29) is 0 Å². The molecule has 1 heterocycles. The number of nitrogens with zero attached hydrogens (tertiary/aromatic N) is 3. The van der Waals surface area contributed by atoms with E-state index in [2.05, 4.69) is 0 Å². The lowest BCUT2D eigenvalue weighted by Crippen LogP contribution is -2.34. The number of hydrogen-bond acceptors (Lipinski definition) is 5. The van der Waals surface area contributed by atoms with E-state index in [1.54, 1.807) is 0 Å². The molecule has 0 bridgehead atoms. The fourth-order valence-electron chi connectivity index (χ4n) is 2.18. The molecule has 0 saturated carbocycles. The van der Waals surface area contributed by atoms with Crippen LogP contribution in [0.15, 0.2) is 18.2 Å². The number of halogens is 3. The quantitative estimate of drug-likeness (QED) is 0.515. The van der Waals surface area contributed by atoms with E-state index >= 15 is 0 Å². The largest absolute Gasteiger partial charge is 0.423 e. The van der Waals surface area contributed by atoms with Crippen LogP contribution in [0.3, 0.4) is 0 Å². The molecule has 1 saturated heterocycles. The van der Waals surface area contributed by atoms with Crippen LogP contribution < -0.4 is 4.90 Å². The first-order valence-corrected chi connectivity index (χ1v) is 6.20. The minimum absolute atomic E-state index is 0.363. The average Bonchev–Trinajstić information content (AvgIpc) is 2.67. The Hall–Kier alpha value is -2.69. The van der Waals surface area contributed by atoms with Crippen molar-refractivity contribution in [2.45, 2.75) is 19.1 Å². The predicted octanol–water partition coefficient (Wildman–Crippen LogP) is 1.72. The predicted molar refractivity (Wildman–Crippen MR) is 69.4 cm³/mol. The number of amides is 3. The third kappa shape index (κ3) is 2.70. The standard InChI is InChI=1S/C12H10F3N3O5/c1-6-10(20)17(11(21)16(6)5-19)7-2-3-9(18(22)23)8(4-7)12(13,14)15/h2-4,6,19H,5H2,1H3. The highest BCUT2D eigenvalue weighted by Crippen LogP contribution is 2.39. The summed E-state index contributed by atoms with van der Waals surface area (Å²) < 4.78 is 38.8. The molecule has 1 aromatic rings. The summed E-state index contributed by atoms with van der Waals surface area (Å²) in [5.74, 6) is -0.842. The van der Waals surface area contributed by atoms with Crippen LogP contribution in [0.5, 0.6) is 0 Å². The van der Waals surface area contributed by atoms with E-state index in [0.29, 0.717) is 17.0 Å². The highest BCUT2D eigenvalue weighted by molar-refractivity contribution is 6.21. The zero-order valence-corrected chi connectivity index (χ0v) is 11.6. The molecule has 8 nitrogen and oxygen atoms in total. The summed E-state index contributed by atoms with van der Waals surface area (Å²) >= 11 is 0. The van der Waals surface area contributed by atoms with Crippen LogP contribution in [0, 0.1) is 10.1 Å². The number of hydrogen-bond donors (Lipinski definition) is 1. The molecular formula is C12H10F3N3O5. The summed E-state index contributed by atoms with van der Waals surface area (Å²) in [6.45, 7) is 0.508. The molecule has 124 valence electrons. The number of aliphatic hydroxyl groups is 1. The Bertz CT molecular complexity index is 691. The lowest BCUT2D eigenvalue weighted by Gasteiger charge is -2.17. The zero-order valence-electron chi connectivity index (χ0n) is 11.6. The van der Waals surface area contributed by atoms with Crippen molar-refractivity contribution in [1.29, 1.82) is 0 Å². The van der Waals surface area contributed by atoms with Gasteiger partial charge in [-0.1, -0.05) is 0 Å². The molecule has 3 amide bonds. The van der Waals surface area contributed by atoms with Gasteiger partial charge < -0.3 is 5.11 Å². The third-order valence-corrected chi connectivity index (χ3v) is 3.38. The van der Waals surface area contributed by atoms with Crippen LogP contribution in [0.4, 0.5) is 29.3 Å². The second kappa shape index (κ2) is 5.50. The van der Waals surface area contributed by atoms with Gasteiger partial charge in [-0.3, -0.25) is 19.8 Å². The topological polar surface area (TPSA) is 104 Å². The Balaban J connectivity index is 2.55. The van der Waals surface area contributed by atoms with Gasteiger partial charge in [-0.05, 0) is 19.1 Å². The normalized spacial score (nSPS) is 18.7. The second-order valence-electron chi connectivity index (χ2n) is 4.70. The van der Waals surface area contributed by atoms with Crippen molar-refractivity contribution >= 4 is 23.3 Å². The highest BCUT2D eigenvalue weighted by Gasteiger charge is 2.45. The first-order valence-electron chi connectivity index (χ1n) is 6.20. The van der Waals surface area contributed by atoms with E-state index in [0.717, 1.165) is 11.0 Å². The summed E-state index contributed by atoms with van der Waals surface area (Å²) in [4.78, 5) is 34.7. The van der Waals surface area contributed by atoms with Gasteiger partial charge in [0.15, 0.2) is 0 Å². The van der Waals surface area contributed by atoms with Crippen LogP contribution in [0.25, 0.3) is 0 Å². The minimum atomic E-state index is -5.04. The van der Waals surface area contributed by atoms with Crippen LogP contribution in [-0.2, 0) is 11.0 Å². The van der Waals surface area contributed by atoms with Crippen molar-refractivity contribution < 1.29 is 32.8 Å². The Labute approximate surface area is 126 Å². The van der Waals surface area contributed by atoms with E-state index in [4.69, 9.17) is 5.11 Å². The smallest absolute Gasteiger partial charge is 0.376 e. The van der Waals surface area contributed by atoms with Crippen molar-refractivity contribution in [3.63, 3.8) is 0 Å². The molecule has 2 rings (SSSR count). The molecule has 0 aliphatic carbocycles. The Morgan fingerprint density at radius 3 is 2.39 bits per heavy atom. The number of carbonyl (C=O) groups excluding carboxylic acids is 2. The van der Waals surface area contributed by atoms with E-state index in [9.17, 15) is 32.9 Å². The number of nitro benzene ring substituents is 1. The Morgan fingerprint density at radius 2 is 1.96 bits per heavy atom. The van der Waals surface area contributed by atoms with Gasteiger partial charge >= 0.3 is 12.2 Å². The van der Waals surface area contributed by atoms with Gasteiger partial charge in [0.25, 0.3) is 11.6 Å². The van der Waals surface area contributed by atoms with Crippen molar-refractivity contribution in [3.8, 4) is 0 Å². The number of carbonyl (C=O) groups is 2. The average molecular weight is 333 g/mol. The maximum Gasteiger partial charge on any atom is 0.423 e. The number of imide groups is 1. The van der Waals surface area contributed by atoms with E-state index in [1.165, 1.54) is 6.92 Å². The number of nitro groups is 1. The molecule has 0 aromatic heterocycles. The lowest BCUT2D eigenvalue weighted by atomic mass is 10.1. The number of urea groups is 1. The van der Waals surface area contributed by atoms with Crippen molar-refractivity contribution in [1.82, 2.24) is 4.90 Å². The van der Waals surface area contributed by atoms with Crippen molar-refractivity contribution in [2.75, 3.05) is 11.6 Å². The number of benzene rings is 1. The summed E-state index contributed by atoms with van der Waals surface area (Å²) in [6, 6.07) is -0.257. The maximum atomic E-state index is 12.9. The molecule has 1 aliphatic rings. The van der Waals surface area contributed by atoms with Gasteiger partial charge in [0.1, 0.15) is 18.3 Å². The van der Waals surface area contributed by atoms with E-state index < -0.39 is 52.7 Å².